The number of carbonyl (C=O) groups is 1. The second-order valence-corrected chi connectivity index (χ2v) is 8.31. The lowest BCUT2D eigenvalue weighted by molar-refractivity contribution is -0.141. The molecule has 0 aliphatic rings. The molecular formula is C17H16ClF3N4O5S. The van der Waals surface area contributed by atoms with Crippen molar-refractivity contribution < 1.29 is 35.6 Å². The average molecular weight is 481 g/mol. The number of carbonyl (C=O) groups excluding carboxylic acids is 1. The Kier molecular flexibility index (Phi) is 7.44. The average Bonchev–Trinajstić information content (AvgIpc) is 3.16. The lowest BCUT2D eigenvalue weighted by Gasteiger charge is -2.09. The third-order valence-corrected chi connectivity index (χ3v) is 5.06. The van der Waals surface area contributed by atoms with Crippen LogP contribution < -0.4 is 5.73 Å². The summed E-state index contributed by atoms with van der Waals surface area (Å²) in [5.74, 6) is -1.56. The van der Waals surface area contributed by atoms with Gasteiger partial charge in [0.15, 0.2) is 9.84 Å². The van der Waals surface area contributed by atoms with E-state index in [0.29, 0.717) is 0 Å². The molecule has 1 aromatic heterocycles. The van der Waals surface area contributed by atoms with Gasteiger partial charge in [0, 0.05) is 11.8 Å². The second kappa shape index (κ2) is 9.47. The number of rotatable bonds is 7. The standard InChI is InChI=1S/C17H16ClF3N4O5S/c1-3-29-11(26)8-23-13(12(18)14(22)17(19,20)21)16-24-15(25-30-16)9-5-4-6-10(7-9)31(2,27)28/h4-7H,3,8,22H2,1-2H3/b14-12+,23-13?. The molecule has 31 heavy (non-hydrogen) atoms. The molecule has 9 nitrogen and oxygen atoms in total. The van der Waals surface area contributed by atoms with Crippen LogP contribution >= 0.6 is 11.6 Å². The van der Waals surface area contributed by atoms with Gasteiger partial charge in [0.25, 0.3) is 5.89 Å². The van der Waals surface area contributed by atoms with Crippen LogP contribution in [0, 0.1) is 0 Å². The largest absolute Gasteiger partial charge is 0.465 e. The van der Waals surface area contributed by atoms with Crippen molar-refractivity contribution in [2.24, 2.45) is 10.7 Å². The van der Waals surface area contributed by atoms with Crippen molar-refractivity contribution in [2.45, 2.75) is 18.0 Å². The van der Waals surface area contributed by atoms with Crippen LogP contribution in [0.25, 0.3) is 11.4 Å². The summed E-state index contributed by atoms with van der Waals surface area (Å²) in [6.45, 7) is 0.872. The Morgan fingerprint density at radius 1 is 1.35 bits per heavy atom. The van der Waals surface area contributed by atoms with E-state index < -0.39 is 50.9 Å². The van der Waals surface area contributed by atoms with Crippen LogP contribution in [-0.2, 0) is 19.4 Å². The van der Waals surface area contributed by atoms with E-state index >= 15 is 0 Å². The fourth-order valence-electron chi connectivity index (χ4n) is 2.14. The molecule has 14 heteroatoms. The van der Waals surface area contributed by atoms with Gasteiger partial charge in [-0.1, -0.05) is 28.9 Å². The normalized spacial score (nSPS) is 13.7. The van der Waals surface area contributed by atoms with Gasteiger partial charge in [0.05, 0.1) is 16.5 Å². The summed E-state index contributed by atoms with van der Waals surface area (Å²) >= 11 is 5.76. The van der Waals surface area contributed by atoms with Crippen LogP contribution in [-0.4, -0.2) is 55.8 Å². The highest BCUT2D eigenvalue weighted by Crippen LogP contribution is 2.28. The van der Waals surface area contributed by atoms with Gasteiger partial charge in [-0.25, -0.2) is 8.42 Å². The predicted octanol–water partition coefficient (Wildman–Crippen LogP) is 2.46. The van der Waals surface area contributed by atoms with E-state index in [1.165, 1.54) is 31.2 Å². The molecule has 0 saturated heterocycles. The number of hydrogen-bond acceptors (Lipinski definition) is 9. The van der Waals surface area contributed by atoms with Crippen LogP contribution in [0.3, 0.4) is 0 Å². The van der Waals surface area contributed by atoms with Crippen molar-refractivity contribution in [1.29, 1.82) is 0 Å². The van der Waals surface area contributed by atoms with Crippen molar-refractivity contribution in [3.8, 4) is 11.4 Å². The SMILES string of the molecule is CCOC(=O)CN=C(/C(Cl)=C(\N)C(F)(F)F)c1nc(-c2cccc(S(C)(=O)=O)c2)no1. The first-order chi connectivity index (χ1) is 14.3. The summed E-state index contributed by atoms with van der Waals surface area (Å²) in [6, 6.07) is 5.48. The molecule has 1 aromatic carbocycles. The number of nitrogens with zero attached hydrogens (tertiary/aromatic N) is 3. The van der Waals surface area contributed by atoms with Gasteiger partial charge in [-0.3, -0.25) is 9.79 Å². The van der Waals surface area contributed by atoms with E-state index in [1.54, 1.807) is 0 Å². The van der Waals surface area contributed by atoms with Crippen LogP contribution in [0.4, 0.5) is 13.2 Å². The molecule has 0 aliphatic carbocycles. The summed E-state index contributed by atoms with van der Waals surface area (Å²) in [7, 11) is -3.54. The first-order valence-corrected chi connectivity index (χ1v) is 10.7. The smallest absolute Gasteiger partial charge is 0.432 e. The Morgan fingerprint density at radius 3 is 2.61 bits per heavy atom. The fourth-order valence-corrected chi connectivity index (χ4v) is 3.05. The number of aromatic nitrogens is 2. The molecule has 1 heterocycles. The van der Waals surface area contributed by atoms with Gasteiger partial charge in [0.1, 0.15) is 18.0 Å². The maximum absolute atomic E-state index is 13.0. The second-order valence-electron chi connectivity index (χ2n) is 5.92. The number of benzene rings is 1. The quantitative estimate of drug-likeness (QED) is 0.471. The summed E-state index contributed by atoms with van der Waals surface area (Å²) in [4.78, 5) is 19.1. The molecule has 2 rings (SSSR count). The first kappa shape index (κ1) is 24.3. The predicted molar refractivity (Wildman–Crippen MR) is 104 cm³/mol. The van der Waals surface area contributed by atoms with E-state index in [2.05, 4.69) is 19.9 Å². The number of esters is 1. The van der Waals surface area contributed by atoms with Gasteiger partial charge < -0.3 is 15.0 Å². The molecule has 0 bridgehead atoms. The van der Waals surface area contributed by atoms with Crippen LogP contribution in [0.2, 0.25) is 0 Å². The monoisotopic (exact) mass is 480 g/mol. The minimum atomic E-state index is -4.99. The van der Waals surface area contributed by atoms with Gasteiger partial charge >= 0.3 is 12.1 Å². The van der Waals surface area contributed by atoms with Crippen molar-refractivity contribution in [2.75, 3.05) is 19.4 Å². The molecule has 0 radical (unpaired) electrons. The third kappa shape index (κ3) is 6.28. The first-order valence-electron chi connectivity index (χ1n) is 8.42. The molecule has 0 amide bonds. The van der Waals surface area contributed by atoms with Crippen LogP contribution in [0.15, 0.2) is 49.4 Å². The number of allylic oxidation sites excluding steroid dienone is 2. The van der Waals surface area contributed by atoms with Crippen molar-refractivity contribution >= 4 is 33.1 Å². The number of aliphatic imine (C=N–C) groups is 1. The van der Waals surface area contributed by atoms with E-state index in [9.17, 15) is 26.4 Å². The highest BCUT2D eigenvalue weighted by atomic mass is 35.5. The molecule has 2 N–H and O–H groups in total. The Balaban J connectivity index is 2.53. The summed E-state index contributed by atoms with van der Waals surface area (Å²) in [5, 5.41) is 2.56. The molecule has 168 valence electrons. The summed E-state index contributed by atoms with van der Waals surface area (Å²) < 4.78 is 72.0. The number of ether oxygens (including phenoxy) is 1. The van der Waals surface area contributed by atoms with Crippen molar-refractivity contribution in [3.05, 3.63) is 40.9 Å². The minimum Gasteiger partial charge on any atom is -0.465 e. The molecule has 0 fully saturated rings. The minimum absolute atomic E-state index is 0.0271. The zero-order valence-electron chi connectivity index (χ0n) is 16.1. The Morgan fingerprint density at radius 2 is 2.03 bits per heavy atom. The lowest BCUT2D eigenvalue weighted by atomic mass is 10.2. The molecule has 2 aromatic rings. The van der Waals surface area contributed by atoms with Crippen molar-refractivity contribution in [3.63, 3.8) is 0 Å². The molecule has 0 saturated carbocycles. The van der Waals surface area contributed by atoms with E-state index in [-0.39, 0.29) is 22.9 Å². The maximum Gasteiger partial charge on any atom is 0.432 e. The lowest BCUT2D eigenvalue weighted by Crippen LogP contribution is -2.24. The Labute approximate surface area is 179 Å². The van der Waals surface area contributed by atoms with Crippen LogP contribution in [0.5, 0.6) is 0 Å². The zero-order valence-corrected chi connectivity index (χ0v) is 17.7. The van der Waals surface area contributed by atoms with E-state index in [4.69, 9.17) is 21.9 Å². The molecular weight excluding hydrogens is 465 g/mol. The Hall–Kier alpha value is -2.93. The third-order valence-electron chi connectivity index (χ3n) is 3.57. The molecule has 0 atom stereocenters. The van der Waals surface area contributed by atoms with E-state index in [0.717, 1.165) is 6.26 Å². The van der Waals surface area contributed by atoms with Crippen molar-refractivity contribution in [1.82, 2.24) is 10.1 Å². The van der Waals surface area contributed by atoms with Crippen LogP contribution in [0.1, 0.15) is 12.8 Å². The zero-order chi connectivity index (χ0) is 23.4. The molecule has 0 unspecified atom stereocenters. The van der Waals surface area contributed by atoms with Gasteiger partial charge in [-0.05, 0) is 19.1 Å². The summed E-state index contributed by atoms with van der Waals surface area (Å²) in [6.07, 6.45) is -3.99. The number of halogens is 4. The maximum atomic E-state index is 13.0. The number of alkyl halides is 3. The molecule has 0 aliphatic heterocycles. The van der Waals surface area contributed by atoms with Gasteiger partial charge in [-0.15, -0.1) is 0 Å². The fraction of sp³-hybridized carbons (Fsp3) is 0.294. The number of sulfone groups is 1. The number of nitrogens with two attached hydrogens (primary N) is 1. The van der Waals surface area contributed by atoms with E-state index in [1.807, 2.05) is 0 Å². The highest BCUT2D eigenvalue weighted by Gasteiger charge is 2.36. The molecule has 0 spiro atoms. The Bertz CT molecular complexity index is 1140. The number of hydrogen-bond donors (Lipinski definition) is 1. The van der Waals surface area contributed by atoms with Gasteiger partial charge in [-0.2, -0.15) is 18.2 Å². The topological polar surface area (TPSA) is 138 Å². The van der Waals surface area contributed by atoms with Gasteiger partial charge in [0.2, 0.25) is 5.82 Å². The summed E-state index contributed by atoms with van der Waals surface area (Å²) in [5.41, 5.74) is 2.89. The highest BCUT2D eigenvalue weighted by molar-refractivity contribution is 7.90.